The first-order valence-electron chi connectivity index (χ1n) is 9.75. The van der Waals surface area contributed by atoms with Crippen LogP contribution in [-0.2, 0) is 19.7 Å². The summed E-state index contributed by atoms with van der Waals surface area (Å²) >= 11 is 12.0. The third kappa shape index (κ3) is 4.97. The molecular formula is C23H25Cl2N3O2. The van der Waals surface area contributed by atoms with Gasteiger partial charge in [0.15, 0.2) is 0 Å². The number of amides is 1. The van der Waals surface area contributed by atoms with E-state index < -0.39 is 0 Å². The van der Waals surface area contributed by atoms with E-state index in [0.29, 0.717) is 34.5 Å². The van der Waals surface area contributed by atoms with Crippen molar-refractivity contribution in [2.75, 3.05) is 7.05 Å². The smallest absolute Gasteiger partial charge is 0.253 e. The van der Waals surface area contributed by atoms with Crippen LogP contribution in [0.25, 0.3) is 0 Å². The Labute approximate surface area is 187 Å². The molecule has 0 aliphatic carbocycles. The normalized spacial score (nSPS) is 10.9. The van der Waals surface area contributed by atoms with E-state index in [1.165, 1.54) is 0 Å². The lowest BCUT2D eigenvalue weighted by Crippen LogP contribution is -2.26. The van der Waals surface area contributed by atoms with Crippen LogP contribution in [0.1, 0.15) is 39.8 Å². The van der Waals surface area contributed by atoms with Crippen molar-refractivity contribution < 1.29 is 9.53 Å². The number of carbonyl (C=O) groups excluding carboxylic acids is 1. The van der Waals surface area contributed by atoms with Crippen LogP contribution in [0.4, 0.5) is 0 Å². The zero-order valence-electron chi connectivity index (χ0n) is 17.6. The Kier molecular flexibility index (Phi) is 7.06. The highest BCUT2D eigenvalue weighted by atomic mass is 35.5. The Balaban J connectivity index is 1.63. The first-order valence-corrected chi connectivity index (χ1v) is 10.5. The van der Waals surface area contributed by atoms with Crippen LogP contribution in [0.15, 0.2) is 42.5 Å². The summed E-state index contributed by atoms with van der Waals surface area (Å²) in [6.45, 7) is 7.77. The highest BCUT2D eigenvalue weighted by Crippen LogP contribution is 2.28. The molecule has 0 bridgehead atoms. The average Bonchev–Trinajstić information content (AvgIpc) is 3.00. The molecule has 1 amide bonds. The quantitative estimate of drug-likeness (QED) is 0.469. The second kappa shape index (κ2) is 9.54. The van der Waals surface area contributed by atoms with Crippen molar-refractivity contribution in [3.8, 4) is 5.75 Å². The monoisotopic (exact) mass is 445 g/mol. The van der Waals surface area contributed by atoms with Gasteiger partial charge in [-0.25, -0.2) is 0 Å². The van der Waals surface area contributed by atoms with E-state index in [2.05, 4.69) is 12.0 Å². The predicted octanol–water partition coefficient (Wildman–Crippen LogP) is 5.68. The van der Waals surface area contributed by atoms with Gasteiger partial charge in [-0.2, -0.15) is 5.10 Å². The molecule has 1 heterocycles. The maximum Gasteiger partial charge on any atom is 0.253 e. The maximum atomic E-state index is 12.9. The van der Waals surface area contributed by atoms with Crippen molar-refractivity contribution in [3.05, 3.63) is 80.6 Å². The highest BCUT2D eigenvalue weighted by Gasteiger charge is 2.17. The van der Waals surface area contributed by atoms with Crippen molar-refractivity contribution in [3.63, 3.8) is 0 Å². The van der Waals surface area contributed by atoms with Gasteiger partial charge in [-0.05, 0) is 56.7 Å². The Morgan fingerprint density at radius 3 is 2.43 bits per heavy atom. The van der Waals surface area contributed by atoms with Gasteiger partial charge >= 0.3 is 0 Å². The van der Waals surface area contributed by atoms with E-state index in [1.807, 2.05) is 49.8 Å². The van der Waals surface area contributed by atoms with Crippen LogP contribution in [0.5, 0.6) is 5.75 Å². The molecule has 0 saturated carbocycles. The molecule has 0 aliphatic heterocycles. The topological polar surface area (TPSA) is 47.4 Å². The lowest BCUT2D eigenvalue weighted by atomic mass is 10.1. The van der Waals surface area contributed by atoms with Crippen LogP contribution in [0.2, 0.25) is 10.0 Å². The molecule has 0 N–H and O–H groups in total. The molecule has 0 unspecified atom stereocenters. The lowest BCUT2D eigenvalue weighted by Gasteiger charge is -2.18. The second-order valence-corrected chi connectivity index (χ2v) is 8.03. The van der Waals surface area contributed by atoms with E-state index in [4.69, 9.17) is 27.9 Å². The molecule has 0 fully saturated rings. The molecule has 0 spiro atoms. The molecule has 158 valence electrons. The van der Waals surface area contributed by atoms with Gasteiger partial charge in [0.2, 0.25) is 0 Å². The predicted molar refractivity (Wildman–Crippen MR) is 120 cm³/mol. The van der Waals surface area contributed by atoms with Crippen LogP contribution in [-0.4, -0.2) is 27.6 Å². The van der Waals surface area contributed by atoms with Crippen LogP contribution in [0.3, 0.4) is 0 Å². The van der Waals surface area contributed by atoms with Gasteiger partial charge in [-0.3, -0.25) is 9.48 Å². The van der Waals surface area contributed by atoms with Crippen molar-refractivity contribution in [1.29, 1.82) is 0 Å². The number of carbonyl (C=O) groups is 1. The number of rotatable bonds is 7. The number of nitrogens with zero attached hydrogens (tertiary/aromatic N) is 3. The van der Waals surface area contributed by atoms with Crippen molar-refractivity contribution in [1.82, 2.24) is 14.7 Å². The van der Waals surface area contributed by atoms with Crippen LogP contribution < -0.4 is 4.74 Å². The minimum atomic E-state index is -0.0359. The van der Waals surface area contributed by atoms with Gasteiger partial charge in [0, 0.05) is 42.0 Å². The molecule has 0 saturated heterocycles. The summed E-state index contributed by atoms with van der Waals surface area (Å²) < 4.78 is 7.71. The molecular weight excluding hydrogens is 421 g/mol. The largest absolute Gasteiger partial charge is 0.487 e. The number of ether oxygens (including phenoxy) is 1. The number of aromatic nitrogens is 2. The molecule has 1 aromatic heterocycles. The number of benzene rings is 2. The van der Waals surface area contributed by atoms with E-state index in [-0.39, 0.29) is 5.91 Å². The van der Waals surface area contributed by atoms with Gasteiger partial charge in [-0.15, -0.1) is 0 Å². The molecule has 0 aliphatic rings. The molecule has 7 heteroatoms. The Bertz CT molecular complexity index is 1050. The minimum absolute atomic E-state index is 0.0359. The number of hydrogen-bond acceptors (Lipinski definition) is 3. The zero-order chi connectivity index (χ0) is 21.8. The fourth-order valence-electron chi connectivity index (χ4n) is 3.30. The minimum Gasteiger partial charge on any atom is -0.487 e. The summed E-state index contributed by atoms with van der Waals surface area (Å²) in [6, 6.07) is 12.5. The van der Waals surface area contributed by atoms with E-state index in [9.17, 15) is 4.79 Å². The summed E-state index contributed by atoms with van der Waals surface area (Å²) in [4.78, 5) is 14.6. The number of halogens is 2. The molecule has 3 aromatic rings. The van der Waals surface area contributed by atoms with Gasteiger partial charge in [-0.1, -0.05) is 35.3 Å². The van der Waals surface area contributed by atoms with Crippen molar-refractivity contribution >= 4 is 29.1 Å². The Morgan fingerprint density at radius 2 is 1.83 bits per heavy atom. The van der Waals surface area contributed by atoms with E-state index >= 15 is 0 Å². The van der Waals surface area contributed by atoms with Crippen LogP contribution >= 0.6 is 23.2 Å². The zero-order valence-corrected chi connectivity index (χ0v) is 19.1. The SMILES string of the molecule is CCn1nc(C)c(CN(C)C(=O)c2ccc(COc3ccc(Cl)cc3Cl)cc2)c1C. The lowest BCUT2D eigenvalue weighted by molar-refractivity contribution is 0.0784. The van der Waals surface area contributed by atoms with Crippen LogP contribution in [0, 0.1) is 13.8 Å². The van der Waals surface area contributed by atoms with E-state index in [1.54, 1.807) is 23.1 Å². The first-order chi connectivity index (χ1) is 14.3. The molecule has 0 atom stereocenters. The summed E-state index contributed by atoms with van der Waals surface area (Å²) in [7, 11) is 1.81. The molecule has 30 heavy (non-hydrogen) atoms. The fourth-order valence-corrected chi connectivity index (χ4v) is 3.76. The first kappa shape index (κ1) is 22.2. The maximum absolute atomic E-state index is 12.9. The van der Waals surface area contributed by atoms with Gasteiger partial charge in [0.1, 0.15) is 12.4 Å². The molecule has 0 radical (unpaired) electrons. The van der Waals surface area contributed by atoms with Crippen molar-refractivity contribution in [2.24, 2.45) is 0 Å². The van der Waals surface area contributed by atoms with Crippen molar-refractivity contribution in [2.45, 2.75) is 40.5 Å². The third-order valence-corrected chi connectivity index (χ3v) is 5.59. The summed E-state index contributed by atoms with van der Waals surface area (Å²) in [6.07, 6.45) is 0. The highest BCUT2D eigenvalue weighted by molar-refractivity contribution is 6.35. The van der Waals surface area contributed by atoms with Gasteiger partial charge in [0.25, 0.3) is 5.91 Å². The molecule has 5 nitrogen and oxygen atoms in total. The summed E-state index contributed by atoms with van der Waals surface area (Å²) in [5.41, 5.74) is 4.73. The number of hydrogen-bond donors (Lipinski definition) is 0. The Hall–Kier alpha value is -2.50. The summed E-state index contributed by atoms with van der Waals surface area (Å²) in [5, 5.41) is 5.56. The molecule has 2 aromatic carbocycles. The standard InChI is InChI=1S/C23H25Cl2N3O2/c1-5-28-16(3)20(15(2)26-28)13-27(4)23(29)18-8-6-17(7-9-18)14-30-22-11-10-19(24)12-21(22)25/h6-12H,5,13-14H2,1-4H3. The fraction of sp³-hybridized carbons (Fsp3) is 0.304. The number of aryl methyl sites for hydroxylation is 2. The van der Waals surface area contributed by atoms with E-state index in [0.717, 1.165) is 29.1 Å². The van der Waals surface area contributed by atoms with Gasteiger partial charge < -0.3 is 9.64 Å². The average molecular weight is 446 g/mol. The second-order valence-electron chi connectivity index (χ2n) is 7.19. The summed E-state index contributed by atoms with van der Waals surface area (Å²) in [5.74, 6) is 0.533. The third-order valence-electron chi connectivity index (χ3n) is 5.06. The Morgan fingerprint density at radius 1 is 1.13 bits per heavy atom. The van der Waals surface area contributed by atoms with Gasteiger partial charge in [0.05, 0.1) is 10.7 Å². The molecule has 3 rings (SSSR count).